The molecule has 0 atom stereocenters. The van der Waals surface area contributed by atoms with Gasteiger partial charge in [0.05, 0.1) is 6.54 Å². The summed E-state index contributed by atoms with van der Waals surface area (Å²) in [6.45, 7) is 3.04. The van der Waals surface area contributed by atoms with E-state index in [9.17, 15) is 0 Å². The van der Waals surface area contributed by atoms with E-state index >= 15 is 0 Å². The van der Waals surface area contributed by atoms with Crippen LogP contribution in [0.15, 0.2) is 53.8 Å². The highest BCUT2D eigenvalue weighted by atomic mass is 127. The van der Waals surface area contributed by atoms with Crippen molar-refractivity contribution in [3.8, 4) is 5.75 Å². The molecule has 23 heavy (non-hydrogen) atoms. The topological polar surface area (TPSA) is 63.5 Å². The fourth-order valence-electron chi connectivity index (χ4n) is 1.96. The third kappa shape index (κ3) is 7.87. The standard InChI is InChI=1S/C16H23N5O.HI/c1-17-16(18-9-5-12-21-13-6-10-20-21)19-11-14-22-15-7-3-2-4-8-15;/h2-4,6-8,10,13H,5,9,11-12,14H2,1H3,(H2,17,18,19);1H. The van der Waals surface area contributed by atoms with E-state index in [1.165, 1.54) is 0 Å². The van der Waals surface area contributed by atoms with Gasteiger partial charge in [0.25, 0.3) is 0 Å². The lowest BCUT2D eigenvalue weighted by Crippen LogP contribution is -2.39. The van der Waals surface area contributed by atoms with Crippen LogP contribution >= 0.6 is 24.0 Å². The number of rotatable bonds is 8. The molecule has 0 saturated heterocycles. The second kappa shape index (κ2) is 11.8. The van der Waals surface area contributed by atoms with Crippen LogP contribution in [0.2, 0.25) is 0 Å². The average molecular weight is 429 g/mol. The Morgan fingerprint density at radius 3 is 2.65 bits per heavy atom. The van der Waals surface area contributed by atoms with Crippen LogP contribution in [0.25, 0.3) is 0 Å². The summed E-state index contributed by atoms with van der Waals surface area (Å²) in [6.07, 6.45) is 4.75. The SMILES string of the molecule is CN=C(NCCCn1cccn1)NCCOc1ccccc1.I. The minimum Gasteiger partial charge on any atom is -0.492 e. The number of halogens is 1. The van der Waals surface area contributed by atoms with Crippen LogP contribution in [0.3, 0.4) is 0 Å². The lowest BCUT2D eigenvalue weighted by atomic mass is 10.3. The maximum absolute atomic E-state index is 5.62. The van der Waals surface area contributed by atoms with Gasteiger partial charge in [-0.2, -0.15) is 5.10 Å². The number of ether oxygens (including phenoxy) is 1. The number of nitrogens with one attached hydrogen (secondary N) is 2. The number of guanidine groups is 1. The summed E-state index contributed by atoms with van der Waals surface area (Å²) in [7, 11) is 1.76. The second-order valence-electron chi connectivity index (χ2n) is 4.71. The van der Waals surface area contributed by atoms with Crippen molar-refractivity contribution >= 4 is 29.9 Å². The molecular weight excluding hydrogens is 405 g/mol. The zero-order chi connectivity index (χ0) is 15.5. The molecule has 2 aromatic rings. The second-order valence-corrected chi connectivity index (χ2v) is 4.71. The van der Waals surface area contributed by atoms with E-state index in [1.807, 2.05) is 47.3 Å². The molecule has 0 aliphatic heterocycles. The number of hydrogen-bond donors (Lipinski definition) is 2. The van der Waals surface area contributed by atoms with Crippen molar-refractivity contribution in [2.45, 2.75) is 13.0 Å². The molecule has 2 rings (SSSR count). The fraction of sp³-hybridized carbons (Fsp3) is 0.375. The first kappa shape index (κ1) is 19.3. The summed E-state index contributed by atoms with van der Waals surface area (Å²) < 4.78 is 7.54. The van der Waals surface area contributed by atoms with Crippen molar-refractivity contribution in [3.05, 3.63) is 48.8 Å². The van der Waals surface area contributed by atoms with Gasteiger partial charge in [-0.15, -0.1) is 24.0 Å². The van der Waals surface area contributed by atoms with Crippen molar-refractivity contribution in [2.75, 3.05) is 26.7 Å². The molecule has 126 valence electrons. The number of aliphatic imine (C=N–C) groups is 1. The highest BCUT2D eigenvalue weighted by Crippen LogP contribution is 2.07. The summed E-state index contributed by atoms with van der Waals surface area (Å²) in [6, 6.07) is 11.7. The van der Waals surface area contributed by atoms with Crippen molar-refractivity contribution in [2.24, 2.45) is 4.99 Å². The molecule has 0 saturated carbocycles. The number of benzene rings is 1. The molecule has 0 fully saturated rings. The minimum absolute atomic E-state index is 0. The van der Waals surface area contributed by atoms with E-state index in [-0.39, 0.29) is 24.0 Å². The third-order valence-electron chi connectivity index (χ3n) is 3.05. The number of aryl methyl sites for hydroxylation is 1. The highest BCUT2D eigenvalue weighted by molar-refractivity contribution is 14.0. The summed E-state index contributed by atoms with van der Waals surface area (Å²) in [5.74, 6) is 1.67. The molecule has 0 aliphatic carbocycles. The lowest BCUT2D eigenvalue weighted by Gasteiger charge is -2.12. The molecule has 0 radical (unpaired) electrons. The first-order valence-corrected chi connectivity index (χ1v) is 7.48. The largest absolute Gasteiger partial charge is 0.492 e. The Morgan fingerprint density at radius 2 is 1.96 bits per heavy atom. The molecule has 0 amide bonds. The molecule has 0 aliphatic rings. The molecule has 1 heterocycles. The van der Waals surface area contributed by atoms with Crippen LogP contribution in [0.4, 0.5) is 0 Å². The van der Waals surface area contributed by atoms with Gasteiger partial charge >= 0.3 is 0 Å². The maximum Gasteiger partial charge on any atom is 0.191 e. The van der Waals surface area contributed by atoms with Gasteiger partial charge in [-0.25, -0.2) is 0 Å². The Morgan fingerprint density at radius 1 is 1.17 bits per heavy atom. The van der Waals surface area contributed by atoms with Crippen molar-refractivity contribution in [1.29, 1.82) is 0 Å². The van der Waals surface area contributed by atoms with Crippen LogP contribution in [-0.2, 0) is 6.54 Å². The fourth-order valence-corrected chi connectivity index (χ4v) is 1.96. The summed E-state index contributed by atoms with van der Waals surface area (Å²) in [5.41, 5.74) is 0. The summed E-state index contributed by atoms with van der Waals surface area (Å²) in [5, 5.41) is 10.7. The highest BCUT2D eigenvalue weighted by Gasteiger charge is 1.98. The molecule has 7 heteroatoms. The van der Waals surface area contributed by atoms with Gasteiger partial charge in [-0.1, -0.05) is 18.2 Å². The van der Waals surface area contributed by atoms with Gasteiger partial charge in [-0.05, 0) is 24.6 Å². The number of para-hydroxylation sites is 1. The predicted octanol–water partition coefficient (Wildman–Crippen LogP) is 2.14. The first-order valence-electron chi connectivity index (χ1n) is 7.48. The lowest BCUT2D eigenvalue weighted by molar-refractivity contribution is 0.322. The van der Waals surface area contributed by atoms with Gasteiger partial charge in [0.15, 0.2) is 5.96 Å². The predicted molar refractivity (Wildman–Crippen MR) is 104 cm³/mol. The molecule has 1 aromatic carbocycles. The van der Waals surface area contributed by atoms with Crippen LogP contribution in [0.5, 0.6) is 5.75 Å². The zero-order valence-corrected chi connectivity index (χ0v) is 15.6. The quantitative estimate of drug-likeness (QED) is 0.292. The zero-order valence-electron chi connectivity index (χ0n) is 13.3. The van der Waals surface area contributed by atoms with Crippen LogP contribution in [-0.4, -0.2) is 42.5 Å². The van der Waals surface area contributed by atoms with Gasteiger partial charge in [-0.3, -0.25) is 9.67 Å². The summed E-state index contributed by atoms with van der Waals surface area (Å²) >= 11 is 0. The van der Waals surface area contributed by atoms with Crippen LogP contribution in [0, 0.1) is 0 Å². The Bertz CT molecular complexity index is 545. The molecule has 6 nitrogen and oxygen atoms in total. The Labute approximate surface area is 154 Å². The Kier molecular flexibility index (Phi) is 9.85. The van der Waals surface area contributed by atoms with Gasteiger partial charge < -0.3 is 15.4 Å². The van der Waals surface area contributed by atoms with E-state index in [2.05, 4.69) is 20.7 Å². The van der Waals surface area contributed by atoms with E-state index in [0.717, 1.165) is 31.2 Å². The average Bonchev–Trinajstić information content (AvgIpc) is 3.08. The van der Waals surface area contributed by atoms with E-state index < -0.39 is 0 Å². The van der Waals surface area contributed by atoms with Gasteiger partial charge in [0.1, 0.15) is 12.4 Å². The molecule has 2 N–H and O–H groups in total. The molecular formula is C16H24IN5O. The van der Waals surface area contributed by atoms with Crippen LogP contribution < -0.4 is 15.4 Å². The Balaban J connectivity index is 0.00000264. The van der Waals surface area contributed by atoms with Gasteiger partial charge in [0.2, 0.25) is 0 Å². The van der Waals surface area contributed by atoms with Crippen molar-refractivity contribution in [1.82, 2.24) is 20.4 Å². The molecule has 1 aromatic heterocycles. The van der Waals surface area contributed by atoms with Crippen molar-refractivity contribution in [3.63, 3.8) is 0 Å². The number of hydrogen-bond acceptors (Lipinski definition) is 3. The Hall–Kier alpha value is -1.77. The molecule has 0 bridgehead atoms. The van der Waals surface area contributed by atoms with E-state index in [1.54, 1.807) is 13.2 Å². The molecule has 0 spiro atoms. The van der Waals surface area contributed by atoms with Crippen LogP contribution in [0.1, 0.15) is 6.42 Å². The third-order valence-corrected chi connectivity index (χ3v) is 3.05. The number of aromatic nitrogens is 2. The molecule has 0 unspecified atom stereocenters. The maximum atomic E-state index is 5.62. The minimum atomic E-state index is 0. The monoisotopic (exact) mass is 429 g/mol. The smallest absolute Gasteiger partial charge is 0.191 e. The van der Waals surface area contributed by atoms with E-state index in [4.69, 9.17) is 4.74 Å². The van der Waals surface area contributed by atoms with Crippen molar-refractivity contribution < 1.29 is 4.74 Å². The summed E-state index contributed by atoms with van der Waals surface area (Å²) in [4.78, 5) is 4.18. The number of nitrogens with zero attached hydrogens (tertiary/aromatic N) is 3. The first-order chi connectivity index (χ1) is 10.9. The van der Waals surface area contributed by atoms with E-state index in [0.29, 0.717) is 13.2 Å². The van der Waals surface area contributed by atoms with Gasteiger partial charge in [0, 0.05) is 32.5 Å². The normalized spacial score (nSPS) is 10.7.